The molecule has 7 aliphatic rings. The van der Waals surface area contributed by atoms with Gasteiger partial charge in [-0.05, 0) is 222 Å². The Morgan fingerprint density at radius 2 is 0.932 bits per heavy atom. The number of allylic oxidation sites excluding steroid dienone is 3. The number of aryl methyl sites for hydroxylation is 5. The smallest absolute Gasteiger partial charge is 0.252 e. The number of carbonyl (C=O) groups excluding carboxylic acids is 3. The fourth-order valence-electron chi connectivity index (χ4n) is 19.9. The summed E-state index contributed by atoms with van der Waals surface area (Å²) in [7, 11) is -1.64. The zero-order chi connectivity index (χ0) is 93.5. The number of Topliss-reactive ketones (excluding diaryl/α,β-unsaturated/α-hetero) is 3. The average molecular weight is 1910 g/mol. The molecule has 3 aromatic carbocycles. The maximum absolute atomic E-state index is 14.7. The van der Waals surface area contributed by atoms with Gasteiger partial charge < -0.3 is 9.47 Å². The van der Waals surface area contributed by atoms with Crippen LogP contribution in [0.15, 0.2) is 185 Å². The molecule has 9 heterocycles. The molecule has 27 nitrogen and oxygen atoms in total. The highest BCUT2D eigenvalue weighted by Gasteiger charge is 2.58. The number of hydrogen-bond acceptors (Lipinski definition) is 20. The normalized spacial score (nSPS) is 22.2. The van der Waals surface area contributed by atoms with E-state index >= 15 is 0 Å². The first kappa shape index (κ1) is 92.6. The fraction of sp³-hybridized carbons (Fsp3) is 0.370. The summed E-state index contributed by atoms with van der Waals surface area (Å²) in [5, 5.41) is 27.2. The fourth-order valence-corrected chi connectivity index (χ4v) is 27.3. The number of pyridine rings is 1. The second kappa shape index (κ2) is 36.3. The molecule has 692 valence electrons. The zero-order valence-electron chi connectivity index (χ0n) is 73.1. The average Bonchev–Trinajstić information content (AvgIpc) is 1.08. The van der Waals surface area contributed by atoms with Gasteiger partial charge in [0.1, 0.15) is 35.3 Å². The first-order valence-electron chi connectivity index (χ1n) is 42.6. The van der Waals surface area contributed by atoms with Gasteiger partial charge in [-0.3, -0.25) is 33.4 Å². The van der Waals surface area contributed by atoms with E-state index in [1.165, 1.54) is 109 Å². The molecule has 0 saturated heterocycles. The maximum Gasteiger partial charge on any atom is 0.252 e. The van der Waals surface area contributed by atoms with E-state index in [1.54, 1.807) is 127 Å². The van der Waals surface area contributed by atoms with E-state index < -0.39 is 113 Å². The van der Waals surface area contributed by atoms with Crippen LogP contribution in [-0.4, -0.2) is 216 Å². The second-order valence-electron chi connectivity index (χ2n) is 34.7. The number of hydrogen-bond donors (Lipinski definition) is 0. The molecule has 0 spiro atoms. The number of methoxy groups -OCH3 is 2. The van der Waals surface area contributed by atoms with Crippen molar-refractivity contribution in [3.63, 3.8) is 0 Å². The lowest BCUT2D eigenvalue weighted by atomic mass is 9.60. The Kier molecular flexibility index (Phi) is 25.5. The van der Waals surface area contributed by atoms with Crippen LogP contribution in [0.2, 0.25) is 0 Å². The van der Waals surface area contributed by atoms with Gasteiger partial charge >= 0.3 is 0 Å². The highest BCUT2D eigenvalue weighted by molar-refractivity contribution is 7.98. The third-order valence-electron chi connectivity index (χ3n) is 26.0. The summed E-state index contributed by atoms with van der Waals surface area (Å²) in [4.78, 5) is 63.3. The molecule has 0 aliphatic heterocycles. The SMILES string of the molecule is C=S(=O)(c1cnn(C)c1)N(C1CC(F)(F)C1)[C@H]1CCC2=Cc3c(cnn3-c3ccc(F)cc3)C[C@]2(C(=O)c2cc(F)ccn2)C1.C=S(=O)(c1cnn(C)c1)N(CC(F)F)[C@H]1CCC2=Cc3c(cnn3-c3ccc(F)cc3)C[C@]2(C(=O)c2ncc(C)s2)C1.C=S(=O)(c1ncn(C)n1)N(C(COC)COC)[C@H]1CCC2=Cc3c(cnn3-c3ccc(F)cc3)C[C@]2(C(=O)c2ncc(C)s2)C1. The highest BCUT2D eigenvalue weighted by atomic mass is 32.2. The zero-order valence-corrected chi connectivity index (χ0v) is 77.2. The standard InChI is InChI=1S/C32H30F4N6O2S.C31H36FN7O4S2.C29H29F3N6O2S2/c1-40-19-27(18-38-40)45(2,44)42(26-15-32(35,36)16-26)25-6-3-21-11-29-20(17-39-41(29)24-7-4-22(33)5-8-24)13-31(21,14-25)30(43)28-12-23(34)9-10-37-28;1-20-15-33-29(44-20)28(40)31-13-21-16-35-38(24-10-7-23(32)8-11-24)27(21)12-22(31)6-9-25(14-31)39(26(17-42-3)18-43-4)45(5,41)30-34-19-37(2)36-30;1-18-13-33-28(41-18)27(39)29-11-19-14-35-38(22-8-5-21(30)6-9-22)25(19)10-20(29)4-7-23(12-29)37(17-26(31)32)42(3,40)24-15-34-36(2)16-24/h4-5,7-12,17-19,25-26H,2-3,6,13-16H2,1H3;7-8,10-12,15-16,19,25-26H,5-6,9,13-14,17-18H2,1-4H3;5-6,8-10,13-16,23,26H,3-4,7,11-12,17H2,1-2H3/t2*25-,31-,45?;23-,29-,42?/m000/s1. The van der Waals surface area contributed by atoms with Crippen LogP contribution in [0, 0.1) is 53.4 Å². The van der Waals surface area contributed by atoms with E-state index in [1.807, 2.05) is 30.3 Å². The van der Waals surface area contributed by atoms with Crippen LogP contribution in [-0.2, 0) is 79.0 Å². The molecule has 0 radical (unpaired) electrons. The lowest BCUT2D eigenvalue weighted by Gasteiger charge is -2.52. The Morgan fingerprint density at radius 3 is 1.33 bits per heavy atom. The number of nitrogens with zero attached hydrogens (tertiary/aromatic N) is 19. The second-order valence-corrected chi connectivity index (χ2v) is 43.7. The van der Waals surface area contributed by atoms with Gasteiger partial charge in [-0.15, -0.1) is 27.8 Å². The van der Waals surface area contributed by atoms with Crippen molar-refractivity contribution in [3.05, 3.63) is 252 Å². The summed E-state index contributed by atoms with van der Waals surface area (Å²) < 4.78 is 181. The molecule has 0 amide bonds. The van der Waals surface area contributed by atoms with Gasteiger partial charge in [0.2, 0.25) is 16.7 Å². The van der Waals surface area contributed by atoms with Crippen molar-refractivity contribution in [1.82, 2.24) is 91.5 Å². The van der Waals surface area contributed by atoms with Crippen LogP contribution in [0.5, 0.6) is 0 Å². The topological polar surface area (TPSA) is 289 Å². The summed E-state index contributed by atoms with van der Waals surface area (Å²) in [6.07, 6.45) is 23.6. The predicted octanol–water partition coefficient (Wildman–Crippen LogP) is 14.5. The maximum atomic E-state index is 14.7. The number of carbonyl (C=O) groups is 3. The summed E-state index contributed by atoms with van der Waals surface area (Å²) in [6, 6.07) is 17.6. The number of halogens is 8. The molecule has 9 aromatic heterocycles. The highest BCUT2D eigenvalue weighted by Crippen LogP contribution is 2.57. The van der Waals surface area contributed by atoms with E-state index in [2.05, 4.69) is 74.2 Å². The van der Waals surface area contributed by atoms with Crippen molar-refractivity contribution in [3.8, 4) is 17.1 Å². The lowest BCUT2D eigenvalue weighted by molar-refractivity contribution is -0.115. The van der Waals surface area contributed by atoms with E-state index in [0.29, 0.717) is 77.7 Å². The van der Waals surface area contributed by atoms with E-state index in [9.17, 15) is 62.1 Å². The molecule has 7 aliphatic carbocycles. The molecule has 4 fully saturated rings. The van der Waals surface area contributed by atoms with Crippen molar-refractivity contribution in [2.24, 2.45) is 37.4 Å². The Bertz CT molecular complexity index is 6860. The van der Waals surface area contributed by atoms with Crippen molar-refractivity contribution in [2.75, 3.05) is 34.0 Å². The van der Waals surface area contributed by atoms with Gasteiger partial charge in [-0.2, -0.15) is 25.5 Å². The molecule has 0 N–H and O–H groups in total. The van der Waals surface area contributed by atoms with E-state index in [4.69, 9.17) is 9.47 Å². The number of aromatic nitrogens is 16. The first-order chi connectivity index (χ1) is 62.9. The van der Waals surface area contributed by atoms with Crippen molar-refractivity contribution >= 4 is 105 Å². The van der Waals surface area contributed by atoms with Gasteiger partial charge in [0.05, 0.1) is 146 Å². The van der Waals surface area contributed by atoms with Gasteiger partial charge in [0.25, 0.3) is 12.3 Å². The number of fused-ring (bicyclic) bond motifs is 6. The Morgan fingerprint density at radius 1 is 0.508 bits per heavy atom. The van der Waals surface area contributed by atoms with E-state index in [0.717, 1.165) is 78.1 Å². The quantitative estimate of drug-likeness (QED) is 0.0276. The van der Waals surface area contributed by atoms with Crippen LogP contribution in [0.25, 0.3) is 35.3 Å². The molecule has 3 unspecified atom stereocenters. The van der Waals surface area contributed by atoms with E-state index in [-0.39, 0.29) is 89.7 Å². The number of benzene rings is 3. The molecular weight excluding hydrogens is 1810 g/mol. The van der Waals surface area contributed by atoms with Crippen LogP contribution in [0.3, 0.4) is 0 Å². The molecular formula is C92H95F8N19O8S5. The summed E-state index contributed by atoms with van der Waals surface area (Å²) >= 11 is 2.67. The third kappa shape index (κ3) is 17.6. The largest absolute Gasteiger partial charge is 0.383 e. The van der Waals surface area contributed by atoms with Gasteiger partial charge in [-0.25, -0.2) is 89.7 Å². The monoisotopic (exact) mass is 1910 g/mol. The number of ketones is 3. The summed E-state index contributed by atoms with van der Waals surface area (Å²) in [6.45, 7) is 3.50. The number of alkyl halides is 4. The number of thiazole rings is 2. The molecule has 0 bridgehead atoms. The number of rotatable bonds is 26. The van der Waals surface area contributed by atoms with Crippen LogP contribution < -0.4 is 0 Å². The predicted molar refractivity (Wildman–Crippen MR) is 487 cm³/mol. The lowest BCUT2D eigenvalue weighted by Crippen LogP contribution is -2.59. The van der Waals surface area contributed by atoms with Crippen molar-refractivity contribution < 1.29 is 71.6 Å². The molecule has 40 heteroatoms. The Hall–Kier alpha value is -11.2. The Balaban J connectivity index is 0.000000138. The van der Waals surface area contributed by atoms with Crippen molar-refractivity contribution in [1.29, 1.82) is 0 Å². The van der Waals surface area contributed by atoms with Gasteiger partial charge in [0.15, 0.2) is 15.8 Å². The summed E-state index contributed by atoms with van der Waals surface area (Å²) in [5.74, 6) is 6.91. The third-order valence-corrected chi connectivity index (χ3v) is 34.2. The molecule has 9 atom stereocenters. The molecule has 132 heavy (non-hydrogen) atoms. The van der Waals surface area contributed by atoms with Crippen molar-refractivity contribution in [2.45, 2.75) is 161 Å². The number of ether oxygens (including phenoxy) is 2. The van der Waals surface area contributed by atoms with Crippen LogP contribution >= 0.6 is 22.7 Å². The molecule has 19 rings (SSSR count). The van der Waals surface area contributed by atoms with Gasteiger partial charge in [-0.1, -0.05) is 16.7 Å². The van der Waals surface area contributed by atoms with Gasteiger partial charge in [0, 0.05) is 119 Å². The minimum absolute atomic E-state index is 0.0553. The first-order valence-corrected chi connectivity index (χ1v) is 49.2. The van der Waals surface area contributed by atoms with Crippen LogP contribution in [0.1, 0.15) is 144 Å². The molecule has 12 aromatic rings. The molecule has 4 saturated carbocycles. The minimum Gasteiger partial charge on any atom is -0.383 e. The summed E-state index contributed by atoms with van der Waals surface area (Å²) in [5.41, 5.74) is 6.08. The Labute approximate surface area is 765 Å². The van der Waals surface area contributed by atoms with Crippen LogP contribution in [0.4, 0.5) is 35.1 Å². The minimum atomic E-state index is -3.34.